The Kier molecular flexibility index (Phi) is 2.52. The average Bonchev–Trinajstić information content (AvgIpc) is 3.08. The van der Waals surface area contributed by atoms with E-state index in [0.29, 0.717) is 0 Å². The van der Waals surface area contributed by atoms with Crippen LogP contribution in [0.4, 0.5) is 0 Å². The van der Waals surface area contributed by atoms with Gasteiger partial charge in [0, 0.05) is 16.9 Å². The summed E-state index contributed by atoms with van der Waals surface area (Å²) in [6.07, 6.45) is 3.77. The second kappa shape index (κ2) is 4.02. The molecular weight excluding hydrogens is 214 g/mol. The molecule has 82 valence electrons. The Hall–Kier alpha value is -1.15. The second-order valence-corrected chi connectivity index (χ2v) is 5.26. The Morgan fingerprint density at radius 1 is 1.25 bits per heavy atom. The molecule has 0 spiro atoms. The van der Waals surface area contributed by atoms with Crippen LogP contribution < -0.4 is 0 Å². The zero-order valence-corrected chi connectivity index (χ0v) is 10.3. The summed E-state index contributed by atoms with van der Waals surface area (Å²) >= 11 is 1.77. The molecule has 2 heteroatoms. The van der Waals surface area contributed by atoms with Crippen molar-refractivity contribution >= 4 is 11.3 Å². The van der Waals surface area contributed by atoms with Crippen LogP contribution in [0.25, 0.3) is 10.6 Å². The van der Waals surface area contributed by atoms with Crippen LogP contribution in [-0.4, -0.2) is 4.98 Å². The predicted molar refractivity (Wildman–Crippen MR) is 68.9 cm³/mol. The highest BCUT2D eigenvalue weighted by atomic mass is 32.1. The first-order valence-corrected chi connectivity index (χ1v) is 6.79. The summed E-state index contributed by atoms with van der Waals surface area (Å²) in [7, 11) is 0. The molecule has 16 heavy (non-hydrogen) atoms. The molecule has 0 saturated heterocycles. The van der Waals surface area contributed by atoms with E-state index < -0.39 is 0 Å². The first kappa shape index (κ1) is 10.0. The molecule has 0 bridgehead atoms. The SMILES string of the molecule is CCc1ccc(-c2nc(C3CC3)cs2)cc1. The maximum Gasteiger partial charge on any atom is 0.123 e. The predicted octanol–water partition coefficient (Wildman–Crippen LogP) is 4.25. The Labute approximate surface area is 100 Å². The standard InChI is InChI=1S/C14H15NS/c1-2-10-3-5-12(6-4-10)14-15-13(9-16-14)11-7-8-11/h3-6,9,11H,2,7-8H2,1H3. The quantitative estimate of drug-likeness (QED) is 0.766. The van der Waals surface area contributed by atoms with Gasteiger partial charge in [-0.15, -0.1) is 11.3 Å². The van der Waals surface area contributed by atoms with E-state index in [4.69, 9.17) is 4.98 Å². The number of hydrogen-bond acceptors (Lipinski definition) is 2. The van der Waals surface area contributed by atoms with Crippen LogP contribution >= 0.6 is 11.3 Å². The summed E-state index contributed by atoms with van der Waals surface area (Å²) in [4.78, 5) is 4.72. The van der Waals surface area contributed by atoms with Crippen molar-refractivity contribution in [2.75, 3.05) is 0 Å². The number of rotatable bonds is 3. The lowest BCUT2D eigenvalue weighted by molar-refractivity contribution is 1.05. The molecule has 0 atom stereocenters. The van der Waals surface area contributed by atoms with Gasteiger partial charge in [0.15, 0.2) is 0 Å². The molecule has 0 unspecified atom stereocenters. The lowest BCUT2D eigenvalue weighted by Crippen LogP contribution is -1.82. The molecule has 1 saturated carbocycles. The normalized spacial score (nSPS) is 15.3. The van der Waals surface area contributed by atoms with E-state index in [0.717, 1.165) is 12.3 Å². The zero-order valence-electron chi connectivity index (χ0n) is 9.44. The van der Waals surface area contributed by atoms with Crippen molar-refractivity contribution in [2.45, 2.75) is 32.1 Å². The topological polar surface area (TPSA) is 12.9 Å². The summed E-state index contributed by atoms with van der Waals surface area (Å²) in [6, 6.07) is 8.78. The van der Waals surface area contributed by atoms with E-state index in [-0.39, 0.29) is 0 Å². The highest BCUT2D eigenvalue weighted by molar-refractivity contribution is 7.13. The minimum Gasteiger partial charge on any atom is -0.241 e. The average molecular weight is 229 g/mol. The van der Waals surface area contributed by atoms with Crippen molar-refractivity contribution in [1.29, 1.82) is 0 Å². The van der Waals surface area contributed by atoms with Crippen molar-refractivity contribution in [3.8, 4) is 10.6 Å². The first-order valence-electron chi connectivity index (χ1n) is 5.91. The van der Waals surface area contributed by atoms with Crippen LogP contribution in [0.2, 0.25) is 0 Å². The maximum atomic E-state index is 4.72. The molecule has 0 radical (unpaired) electrons. The lowest BCUT2D eigenvalue weighted by atomic mass is 10.1. The van der Waals surface area contributed by atoms with E-state index in [2.05, 4.69) is 36.6 Å². The molecule has 0 amide bonds. The number of aryl methyl sites for hydroxylation is 1. The smallest absolute Gasteiger partial charge is 0.123 e. The monoisotopic (exact) mass is 229 g/mol. The molecule has 0 N–H and O–H groups in total. The van der Waals surface area contributed by atoms with Crippen LogP contribution in [0.5, 0.6) is 0 Å². The van der Waals surface area contributed by atoms with Gasteiger partial charge in [-0.3, -0.25) is 0 Å². The highest BCUT2D eigenvalue weighted by Gasteiger charge is 2.26. The van der Waals surface area contributed by atoms with E-state index in [1.54, 1.807) is 11.3 Å². The van der Waals surface area contributed by atoms with Crippen LogP contribution in [-0.2, 0) is 6.42 Å². The van der Waals surface area contributed by atoms with Gasteiger partial charge >= 0.3 is 0 Å². The van der Waals surface area contributed by atoms with Crippen molar-refractivity contribution in [3.63, 3.8) is 0 Å². The minimum atomic E-state index is 0.764. The largest absolute Gasteiger partial charge is 0.241 e. The van der Waals surface area contributed by atoms with Gasteiger partial charge in [-0.05, 0) is 24.8 Å². The molecule has 2 aromatic rings. The molecule has 1 fully saturated rings. The summed E-state index contributed by atoms with van der Waals surface area (Å²) < 4.78 is 0. The van der Waals surface area contributed by atoms with Crippen molar-refractivity contribution < 1.29 is 0 Å². The maximum absolute atomic E-state index is 4.72. The molecule has 1 aromatic heterocycles. The van der Waals surface area contributed by atoms with Gasteiger partial charge in [0.05, 0.1) is 5.69 Å². The fraction of sp³-hybridized carbons (Fsp3) is 0.357. The van der Waals surface area contributed by atoms with E-state index in [1.807, 2.05) is 0 Å². The molecule has 1 aliphatic rings. The number of benzene rings is 1. The van der Waals surface area contributed by atoms with Crippen molar-refractivity contribution in [2.24, 2.45) is 0 Å². The third-order valence-electron chi connectivity index (χ3n) is 3.13. The Balaban J connectivity index is 1.88. The van der Waals surface area contributed by atoms with E-state index in [1.165, 1.54) is 34.7 Å². The zero-order chi connectivity index (χ0) is 11.0. The Morgan fingerprint density at radius 3 is 2.62 bits per heavy atom. The van der Waals surface area contributed by atoms with Gasteiger partial charge in [0.2, 0.25) is 0 Å². The van der Waals surface area contributed by atoms with E-state index in [9.17, 15) is 0 Å². The van der Waals surface area contributed by atoms with Crippen LogP contribution in [0, 0.1) is 0 Å². The Bertz CT molecular complexity index is 480. The van der Waals surface area contributed by atoms with Crippen LogP contribution in [0.15, 0.2) is 29.6 Å². The third kappa shape index (κ3) is 1.90. The van der Waals surface area contributed by atoms with Gasteiger partial charge in [-0.25, -0.2) is 4.98 Å². The summed E-state index contributed by atoms with van der Waals surface area (Å²) in [5, 5.41) is 3.39. The number of aromatic nitrogens is 1. The summed E-state index contributed by atoms with van der Waals surface area (Å²) in [5.74, 6) is 0.764. The molecule has 0 aliphatic heterocycles. The minimum absolute atomic E-state index is 0.764. The molecule has 3 rings (SSSR count). The fourth-order valence-electron chi connectivity index (χ4n) is 1.87. The number of nitrogens with zero attached hydrogens (tertiary/aromatic N) is 1. The second-order valence-electron chi connectivity index (χ2n) is 4.40. The first-order chi connectivity index (χ1) is 7.86. The van der Waals surface area contributed by atoms with Gasteiger partial charge in [-0.1, -0.05) is 31.2 Å². The molecule has 1 aliphatic carbocycles. The molecule has 1 heterocycles. The Morgan fingerprint density at radius 2 is 2.00 bits per heavy atom. The van der Waals surface area contributed by atoms with E-state index >= 15 is 0 Å². The third-order valence-corrected chi connectivity index (χ3v) is 4.04. The van der Waals surface area contributed by atoms with Gasteiger partial charge in [0.1, 0.15) is 5.01 Å². The van der Waals surface area contributed by atoms with Gasteiger partial charge < -0.3 is 0 Å². The van der Waals surface area contributed by atoms with Crippen LogP contribution in [0.1, 0.15) is 36.9 Å². The van der Waals surface area contributed by atoms with Gasteiger partial charge in [-0.2, -0.15) is 0 Å². The number of hydrogen-bond donors (Lipinski definition) is 0. The van der Waals surface area contributed by atoms with Crippen molar-refractivity contribution in [3.05, 3.63) is 40.9 Å². The molecule has 1 nitrogen and oxygen atoms in total. The van der Waals surface area contributed by atoms with Crippen molar-refractivity contribution in [1.82, 2.24) is 4.98 Å². The summed E-state index contributed by atoms with van der Waals surface area (Å²) in [6.45, 7) is 2.18. The molecular formula is C14H15NS. The number of thiazole rings is 1. The van der Waals surface area contributed by atoms with Gasteiger partial charge in [0.25, 0.3) is 0 Å². The molecule has 1 aromatic carbocycles. The highest BCUT2D eigenvalue weighted by Crippen LogP contribution is 2.41. The fourth-order valence-corrected chi connectivity index (χ4v) is 2.78. The van der Waals surface area contributed by atoms with Crippen LogP contribution in [0.3, 0.4) is 0 Å². The lowest BCUT2D eigenvalue weighted by Gasteiger charge is -1.98. The summed E-state index contributed by atoms with van der Waals surface area (Å²) in [5.41, 5.74) is 3.95.